The molecule has 9 fully saturated rings. The van der Waals surface area contributed by atoms with Crippen molar-refractivity contribution in [1.82, 2.24) is 0 Å². The first-order valence-electron chi connectivity index (χ1n) is 30.2. The SMILES string of the molecule is C[C@@H]1O[C@@H](O[C@H]2[C@H](OC(=O)[C@]34CCC(C)(C)C[C@H]3C3=CC[C@@H]5[C@@]6(C)C[C@H](O)[C@H](O[C@@H]7O[C@H](CO)[C@@H](O)[C@H](O)[C@H]7O)[C@@](C)(CO)[C@@H]6CC[C@@]5(C)[C@]3(C)CC4)O[C@H](CO)[C@@H](O)[C@@H]2O)[C@H](O)[C@@H](O[C@@H]2OC[C@](O)(CO)[C@H]2O)[C@H]1O[C@@H]1OC[C@@H](O)[C@H](O)[C@H]1O. The number of rotatable bonds is 14. The maximum absolute atomic E-state index is 15.6. The molecule has 4 saturated carbocycles. The van der Waals surface area contributed by atoms with Gasteiger partial charge in [-0.25, -0.2) is 0 Å². The number of aliphatic hydroxyl groups excluding tert-OH is 15. The topological polar surface area (TPSA) is 433 Å². The Bertz CT molecular complexity index is 2390. The Morgan fingerprint density at radius 3 is 1.85 bits per heavy atom. The molecule has 5 heterocycles. The third-order valence-corrected chi connectivity index (χ3v) is 22.9. The number of carbonyl (C=O) groups is 1. The largest absolute Gasteiger partial charge is 0.432 e. The summed E-state index contributed by atoms with van der Waals surface area (Å²) in [4.78, 5) is 15.6. The Hall–Kier alpha value is -1.79. The number of carbonyl (C=O) groups excluding carboxylic acids is 1. The van der Waals surface area contributed by atoms with Crippen molar-refractivity contribution in [2.24, 2.45) is 50.2 Å². The maximum atomic E-state index is 15.6. The van der Waals surface area contributed by atoms with Crippen LogP contribution in [0.2, 0.25) is 0 Å². The smallest absolute Gasteiger partial charge is 0.315 e. The van der Waals surface area contributed by atoms with Gasteiger partial charge in [0.05, 0.1) is 63.4 Å². The van der Waals surface area contributed by atoms with Crippen LogP contribution in [0.3, 0.4) is 0 Å². The van der Waals surface area contributed by atoms with Crippen LogP contribution in [0.15, 0.2) is 11.6 Å². The Balaban J connectivity index is 0.917. The van der Waals surface area contributed by atoms with E-state index in [0.717, 1.165) is 5.57 Å². The van der Waals surface area contributed by atoms with Gasteiger partial charge in [0.15, 0.2) is 31.3 Å². The van der Waals surface area contributed by atoms with Crippen molar-refractivity contribution in [2.45, 2.75) is 253 Å². The van der Waals surface area contributed by atoms with E-state index in [0.29, 0.717) is 51.4 Å². The Labute approximate surface area is 493 Å². The summed E-state index contributed by atoms with van der Waals surface area (Å²) >= 11 is 0. The van der Waals surface area contributed by atoms with Gasteiger partial charge in [-0.3, -0.25) is 4.79 Å². The van der Waals surface area contributed by atoms with Crippen molar-refractivity contribution in [3.05, 3.63) is 11.6 Å². The molecule has 0 unspecified atom stereocenters. The number of esters is 1. The highest BCUT2D eigenvalue weighted by Gasteiger charge is 2.72. The van der Waals surface area contributed by atoms with Crippen LogP contribution in [0.1, 0.15) is 106 Å². The fourth-order valence-electron chi connectivity index (χ4n) is 17.5. The zero-order valence-corrected chi connectivity index (χ0v) is 49.3. The predicted molar refractivity (Wildman–Crippen MR) is 285 cm³/mol. The van der Waals surface area contributed by atoms with Gasteiger partial charge in [-0.05, 0) is 104 Å². The number of hydrogen-bond donors (Lipinski definition) is 16. The zero-order chi connectivity index (χ0) is 62.1. The molecular weight excluding hydrogens is 1130 g/mol. The molecule has 0 aromatic heterocycles. The third kappa shape index (κ3) is 10.8. The van der Waals surface area contributed by atoms with E-state index in [2.05, 4.69) is 40.7 Å². The molecule has 32 atom stereocenters. The van der Waals surface area contributed by atoms with E-state index < -0.39 is 220 Å². The standard InChI is InChI=1S/C58H94O27/c1-24-41(81-46-38(70)33(65)28(64)20-76-46)42(82-50-44(73)58(75,22-62)23-77-50)40(72)48(78-24)83-43-37(69)35(67)30(19-60)80-49(43)85-51(74)57-14-12-52(2,3)16-26(57)25-8-9-32-53(4)17-27(63)45(84-47-39(71)36(68)34(66)29(18-59)79-47)54(5,21-61)31(53)10-11-56(32,7)55(25,6)13-15-57/h8,24,26-50,59-73,75H,9-23H2,1-7H3/t24-,26-,27-,28+,29+,30+,31+,32+,33-,34+,35+,36-,37-,38+,39+,40+,41-,42+,43+,44-,45-,46-,47-,48-,49-,50-,53-,54-,55+,56+,57-,58+/m0/s1. The minimum absolute atomic E-state index is 0.0604. The van der Waals surface area contributed by atoms with E-state index in [4.69, 9.17) is 47.4 Å². The van der Waals surface area contributed by atoms with Crippen LogP contribution in [0.25, 0.3) is 0 Å². The van der Waals surface area contributed by atoms with Gasteiger partial charge in [0.25, 0.3) is 0 Å². The minimum Gasteiger partial charge on any atom is -0.432 e. The van der Waals surface area contributed by atoms with E-state index >= 15 is 4.79 Å². The molecule has 5 aliphatic carbocycles. The van der Waals surface area contributed by atoms with Crippen LogP contribution >= 0.6 is 0 Å². The van der Waals surface area contributed by atoms with Crippen molar-refractivity contribution in [1.29, 1.82) is 0 Å². The molecule has 16 N–H and O–H groups in total. The van der Waals surface area contributed by atoms with Gasteiger partial charge in [-0.2, -0.15) is 0 Å². The maximum Gasteiger partial charge on any atom is 0.315 e. The van der Waals surface area contributed by atoms with Gasteiger partial charge in [-0.15, -0.1) is 0 Å². The van der Waals surface area contributed by atoms with Crippen molar-refractivity contribution in [2.75, 3.05) is 39.6 Å². The highest BCUT2D eigenvalue weighted by molar-refractivity contribution is 5.79. The molecule has 27 heteroatoms. The molecule has 0 spiro atoms. The lowest BCUT2D eigenvalue weighted by Crippen LogP contribution is -2.69. The van der Waals surface area contributed by atoms with Crippen LogP contribution in [-0.2, 0) is 52.2 Å². The summed E-state index contributed by atoms with van der Waals surface area (Å²) in [6, 6.07) is 0. The van der Waals surface area contributed by atoms with Crippen molar-refractivity contribution >= 4 is 5.97 Å². The zero-order valence-electron chi connectivity index (χ0n) is 49.3. The fraction of sp³-hybridized carbons (Fsp3) is 0.948. The molecule has 10 rings (SSSR count). The molecule has 85 heavy (non-hydrogen) atoms. The van der Waals surface area contributed by atoms with Crippen molar-refractivity contribution in [3.8, 4) is 0 Å². The summed E-state index contributed by atoms with van der Waals surface area (Å²) in [5, 5.41) is 175. The van der Waals surface area contributed by atoms with Gasteiger partial charge >= 0.3 is 5.97 Å². The van der Waals surface area contributed by atoms with Crippen molar-refractivity contribution in [3.63, 3.8) is 0 Å². The first-order valence-corrected chi connectivity index (χ1v) is 30.2. The molecule has 0 amide bonds. The summed E-state index contributed by atoms with van der Waals surface area (Å²) < 4.78 is 60.1. The second-order valence-corrected chi connectivity index (χ2v) is 28.3. The molecule has 0 aromatic rings. The highest BCUT2D eigenvalue weighted by Crippen LogP contribution is 2.76. The van der Waals surface area contributed by atoms with Crippen LogP contribution in [0, 0.1) is 50.2 Å². The van der Waals surface area contributed by atoms with Gasteiger partial charge in [0.2, 0.25) is 6.29 Å². The summed E-state index contributed by atoms with van der Waals surface area (Å²) in [5.74, 6) is -1.37. The van der Waals surface area contributed by atoms with Crippen molar-refractivity contribution < 1.29 is 134 Å². The van der Waals surface area contributed by atoms with Gasteiger partial charge in [0.1, 0.15) is 91.1 Å². The minimum atomic E-state index is -2.19. The number of hydrogen-bond acceptors (Lipinski definition) is 27. The Kier molecular flexibility index (Phi) is 18.7. The second-order valence-electron chi connectivity index (χ2n) is 28.3. The van der Waals surface area contributed by atoms with Crippen LogP contribution in [-0.4, -0.2) is 274 Å². The number of ether oxygens (including phenoxy) is 10. The fourth-order valence-corrected chi connectivity index (χ4v) is 17.5. The van der Waals surface area contributed by atoms with E-state index in [-0.39, 0.29) is 29.6 Å². The molecular formula is C58H94O27. The van der Waals surface area contributed by atoms with Gasteiger partial charge in [-0.1, -0.05) is 53.2 Å². The van der Waals surface area contributed by atoms with E-state index in [1.165, 1.54) is 6.92 Å². The van der Waals surface area contributed by atoms with E-state index in [1.54, 1.807) is 0 Å². The first-order chi connectivity index (χ1) is 39.8. The lowest BCUT2D eigenvalue weighted by atomic mass is 9.33. The van der Waals surface area contributed by atoms with Crippen LogP contribution in [0.4, 0.5) is 0 Å². The highest BCUT2D eigenvalue weighted by atomic mass is 16.8. The number of fused-ring (bicyclic) bond motifs is 7. The van der Waals surface area contributed by atoms with Crippen LogP contribution < -0.4 is 0 Å². The monoisotopic (exact) mass is 1220 g/mol. The summed E-state index contributed by atoms with van der Waals surface area (Å²) in [6.45, 7) is 10.4. The number of allylic oxidation sites excluding steroid dienone is 2. The average molecular weight is 1220 g/mol. The lowest BCUT2D eigenvalue weighted by Gasteiger charge is -2.72. The molecule has 10 aliphatic rings. The predicted octanol–water partition coefficient (Wildman–Crippen LogP) is -3.96. The molecule has 5 saturated heterocycles. The summed E-state index contributed by atoms with van der Waals surface area (Å²) in [5.41, 5.74) is -5.17. The average Bonchev–Trinajstić information content (AvgIpc) is 0.996. The summed E-state index contributed by atoms with van der Waals surface area (Å²) in [6.07, 6.45) is -30.9. The summed E-state index contributed by atoms with van der Waals surface area (Å²) in [7, 11) is 0. The van der Waals surface area contributed by atoms with E-state index in [1.807, 2.05) is 6.92 Å². The molecule has 0 aromatic carbocycles. The normalized spacial score (nSPS) is 55.1. The van der Waals surface area contributed by atoms with E-state index in [9.17, 15) is 81.7 Å². The van der Waals surface area contributed by atoms with Crippen LogP contribution in [0.5, 0.6) is 0 Å². The third-order valence-electron chi connectivity index (χ3n) is 22.9. The molecule has 0 radical (unpaired) electrons. The Morgan fingerprint density at radius 2 is 1.20 bits per heavy atom. The molecule has 5 aliphatic heterocycles. The molecule has 27 nitrogen and oxygen atoms in total. The molecule has 0 bridgehead atoms. The molecule has 488 valence electrons. The quantitative estimate of drug-likeness (QED) is 0.0448. The van der Waals surface area contributed by atoms with Gasteiger partial charge in [0, 0.05) is 5.41 Å². The first kappa shape index (κ1) is 66.1. The van der Waals surface area contributed by atoms with Gasteiger partial charge < -0.3 is 129 Å². The second kappa shape index (κ2) is 24.0. The Morgan fingerprint density at radius 1 is 0.588 bits per heavy atom. The lowest BCUT2D eigenvalue weighted by molar-refractivity contribution is -0.385. The number of aliphatic hydroxyl groups is 16.